The fraction of sp³-hybridized carbons (Fsp3) is 0.0714. The van der Waals surface area contributed by atoms with Crippen molar-refractivity contribution in [2.75, 3.05) is 17.7 Å². The lowest BCUT2D eigenvalue weighted by atomic mass is 10.2. The standard InChI is InChI=1S/C14H10ClFN4O/c1-18-13-12(16)10(4-5-19-13)14(21)20-9-3-2-8(7-17)11(15)6-9/h2-6H,1H3,(H,18,19)(H,20,21). The molecule has 0 atom stereocenters. The van der Waals surface area contributed by atoms with E-state index in [0.717, 1.165) is 0 Å². The van der Waals surface area contributed by atoms with Gasteiger partial charge in [-0.1, -0.05) is 11.6 Å². The van der Waals surface area contributed by atoms with E-state index in [9.17, 15) is 9.18 Å². The lowest BCUT2D eigenvalue weighted by molar-refractivity contribution is 0.102. The summed E-state index contributed by atoms with van der Waals surface area (Å²) < 4.78 is 14.0. The minimum absolute atomic E-state index is 0.0134. The molecular formula is C14H10ClFN4O. The number of nitrogens with zero attached hydrogens (tertiary/aromatic N) is 2. The van der Waals surface area contributed by atoms with Crippen LogP contribution in [0, 0.1) is 17.1 Å². The second-order valence-electron chi connectivity index (χ2n) is 4.03. The maximum Gasteiger partial charge on any atom is 0.258 e. The number of carbonyl (C=O) groups excluding carboxylic acids is 1. The van der Waals surface area contributed by atoms with Gasteiger partial charge in [-0.15, -0.1) is 0 Å². The topological polar surface area (TPSA) is 77.8 Å². The molecule has 5 nitrogen and oxygen atoms in total. The highest BCUT2D eigenvalue weighted by atomic mass is 35.5. The number of benzene rings is 1. The van der Waals surface area contributed by atoms with Gasteiger partial charge in [-0.3, -0.25) is 4.79 Å². The summed E-state index contributed by atoms with van der Waals surface area (Å²) in [5.41, 5.74) is 0.517. The lowest BCUT2D eigenvalue weighted by Crippen LogP contribution is -2.15. The van der Waals surface area contributed by atoms with Gasteiger partial charge in [-0.05, 0) is 24.3 Å². The Balaban J connectivity index is 2.27. The molecule has 0 aliphatic heterocycles. The Morgan fingerprint density at radius 3 is 2.81 bits per heavy atom. The van der Waals surface area contributed by atoms with E-state index < -0.39 is 11.7 Å². The third-order valence-electron chi connectivity index (χ3n) is 2.72. The van der Waals surface area contributed by atoms with Crippen LogP contribution >= 0.6 is 11.6 Å². The summed E-state index contributed by atoms with van der Waals surface area (Å²) in [6.07, 6.45) is 1.33. The first-order valence-corrected chi connectivity index (χ1v) is 6.28. The smallest absolute Gasteiger partial charge is 0.258 e. The number of pyridine rings is 1. The molecule has 0 aliphatic rings. The van der Waals surface area contributed by atoms with E-state index in [2.05, 4.69) is 15.6 Å². The summed E-state index contributed by atoms with van der Waals surface area (Å²) in [6.45, 7) is 0. The van der Waals surface area contributed by atoms with Crippen LogP contribution in [0.3, 0.4) is 0 Å². The number of halogens is 2. The third-order valence-corrected chi connectivity index (χ3v) is 3.03. The molecule has 0 spiro atoms. The Labute approximate surface area is 125 Å². The van der Waals surface area contributed by atoms with E-state index in [1.807, 2.05) is 6.07 Å². The summed E-state index contributed by atoms with van der Waals surface area (Å²) in [6, 6.07) is 7.60. The van der Waals surface area contributed by atoms with Gasteiger partial charge in [-0.25, -0.2) is 9.37 Å². The first-order valence-electron chi connectivity index (χ1n) is 5.90. The minimum atomic E-state index is -0.739. The van der Waals surface area contributed by atoms with Crippen molar-refractivity contribution in [3.63, 3.8) is 0 Å². The van der Waals surface area contributed by atoms with Gasteiger partial charge in [0.2, 0.25) is 0 Å². The monoisotopic (exact) mass is 304 g/mol. The van der Waals surface area contributed by atoms with Crippen LogP contribution in [0.1, 0.15) is 15.9 Å². The molecule has 0 bridgehead atoms. The number of amides is 1. The lowest BCUT2D eigenvalue weighted by Gasteiger charge is -2.08. The van der Waals surface area contributed by atoms with Crippen LogP contribution in [0.5, 0.6) is 0 Å². The molecule has 0 saturated carbocycles. The number of aromatic nitrogens is 1. The predicted molar refractivity (Wildman–Crippen MR) is 77.9 cm³/mol. The van der Waals surface area contributed by atoms with Crippen molar-refractivity contribution in [1.82, 2.24) is 4.98 Å². The van der Waals surface area contributed by atoms with E-state index in [-0.39, 0.29) is 16.4 Å². The molecule has 2 aromatic rings. The van der Waals surface area contributed by atoms with E-state index in [4.69, 9.17) is 16.9 Å². The fourth-order valence-corrected chi connectivity index (χ4v) is 1.90. The second-order valence-corrected chi connectivity index (χ2v) is 4.44. The molecule has 2 rings (SSSR count). The van der Waals surface area contributed by atoms with Crippen molar-refractivity contribution in [2.45, 2.75) is 0 Å². The van der Waals surface area contributed by atoms with Gasteiger partial charge in [0.25, 0.3) is 5.91 Å². The second kappa shape index (κ2) is 6.20. The molecule has 0 saturated heterocycles. The molecule has 2 N–H and O–H groups in total. The van der Waals surface area contributed by atoms with Gasteiger partial charge in [0, 0.05) is 18.9 Å². The molecule has 1 aromatic heterocycles. The minimum Gasteiger partial charge on any atom is -0.371 e. The zero-order valence-electron chi connectivity index (χ0n) is 10.9. The quantitative estimate of drug-likeness (QED) is 0.913. The Kier molecular flexibility index (Phi) is 4.36. The van der Waals surface area contributed by atoms with Crippen LogP contribution in [0.25, 0.3) is 0 Å². The molecule has 0 fully saturated rings. The highest BCUT2D eigenvalue weighted by molar-refractivity contribution is 6.32. The van der Waals surface area contributed by atoms with Crippen molar-refractivity contribution >= 4 is 29.0 Å². The van der Waals surface area contributed by atoms with Crippen LogP contribution in [0.4, 0.5) is 15.9 Å². The number of anilines is 2. The van der Waals surface area contributed by atoms with Gasteiger partial charge < -0.3 is 10.6 Å². The highest BCUT2D eigenvalue weighted by Crippen LogP contribution is 2.21. The van der Waals surface area contributed by atoms with Gasteiger partial charge in [0.1, 0.15) is 6.07 Å². The average molecular weight is 305 g/mol. The van der Waals surface area contributed by atoms with Crippen molar-refractivity contribution < 1.29 is 9.18 Å². The number of nitriles is 1. The highest BCUT2D eigenvalue weighted by Gasteiger charge is 2.16. The zero-order valence-corrected chi connectivity index (χ0v) is 11.7. The molecule has 1 aromatic carbocycles. The first kappa shape index (κ1) is 14.8. The van der Waals surface area contributed by atoms with Crippen molar-refractivity contribution in [1.29, 1.82) is 5.26 Å². The van der Waals surface area contributed by atoms with Crippen LogP contribution < -0.4 is 10.6 Å². The molecule has 0 unspecified atom stereocenters. The number of hydrogen-bond acceptors (Lipinski definition) is 4. The summed E-state index contributed by atoms with van der Waals surface area (Å²) in [7, 11) is 1.51. The molecule has 21 heavy (non-hydrogen) atoms. The molecule has 7 heteroatoms. The molecule has 0 aliphatic carbocycles. The van der Waals surface area contributed by atoms with Crippen molar-refractivity contribution in [2.24, 2.45) is 0 Å². The Morgan fingerprint density at radius 1 is 1.43 bits per heavy atom. The molecule has 1 heterocycles. The molecule has 0 radical (unpaired) electrons. The van der Waals surface area contributed by atoms with Crippen LogP contribution in [-0.4, -0.2) is 17.9 Å². The van der Waals surface area contributed by atoms with E-state index in [1.165, 1.54) is 37.5 Å². The van der Waals surface area contributed by atoms with Gasteiger partial charge in [-0.2, -0.15) is 5.26 Å². The fourth-order valence-electron chi connectivity index (χ4n) is 1.68. The SMILES string of the molecule is CNc1nccc(C(=O)Nc2ccc(C#N)c(Cl)c2)c1F. The van der Waals surface area contributed by atoms with Crippen molar-refractivity contribution in [3.05, 3.63) is 52.4 Å². The molecular weight excluding hydrogens is 295 g/mol. The van der Waals surface area contributed by atoms with Crippen LogP contribution in [0.2, 0.25) is 5.02 Å². The van der Waals surface area contributed by atoms with E-state index in [0.29, 0.717) is 11.3 Å². The Morgan fingerprint density at radius 2 is 2.19 bits per heavy atom. The number of rotatable bonds is 3. The first-order chi connectivity index (χ1) is 10.1. The van der Waals surface area contributed by atoms with Gasteiger partial charge >= 0.3 is 0 Å². The number of hydrogen-bond donors (Lipinski definition) is 2. The predicted octanol–water partition coefficient (Wildman–Crippen LogP) is 3.04. The Hall–Kier alpha value is -2.65. The summed E-state index contributed by atoms with van der Waals surface area (Å²) >= 11 is 5.87. The number of nitrogens with one attached hydrogen (secondary N) is 2. The largest absolute Gasteiger partial charge is 0.371 e. The van der Waals surface area contributed by atoms with E-state index in [1.54, 1.807) is 0 Å². The van der Waals surface area contributed by atoms with Crippen LogP contribution in [-0.2, 0) is 0 Å². The van der Waals surface area contributed by atoms with Crippen LogP contribution in [0.15, 0.2) is 30.5 Å². The number of carbonyl (C=O) groups is 1. The molecule has 1 amide bonds. The summed E-state index contributed by atoms with van der Waals surface area (Å²) in [5.74, 6) is -1.38. The van der Waals surface area contributed by atoms with Crippen molar-refractivity contribution in [3.8, 4) is 6.07 Å². The van der Waals surface area contributed by atoms with E-state index >= 15 is 0 Å². The third kappa shape index (κ3) is 3.09. The average Bonchev–Trinajstić information content (AvgIpc) is 2.47. The Bertz CT molecular complexity index is 742. The summed E-state index contributed by atoms with van der Waals surface area (Å²) in [5, 5.41) is 14.1. The van der Waals surface area contributed by atoms with Gasteiger partial charge in [0.15, 0.2) is 11.6 Å². The van der Waals surface area contributed by atoms with Gasteiger partial charge in [0.05, 0.1) is 16.1 Å². The summed E-state index contributed by atoms with van der Waals surface area (Å²) in [4.78, 5) is 15.8. The zero-order chi connectivity index (χ0) is 15.4. The maximum atomic E-state index is 14.0. The molecule has 106 valence electrons. The maximum absolute atomic E-state index is 14.0. The normalized spacial score (nSPS) is 9.81.